The van der Waals surface area contributed by atoms with Crippen molar-refractivity contribution >= 4 is 5.78 Å². The third-order valence-corrected chi connectivity index (χ3v) is 3.06. The molecule has 0 amide bonds. The highest BCUT2D eigenvalue weighted by Gasteiger charge is 2.18. The first kappa shape index (κ1) is 11.5. The summed E-state index contributed by atoms with van der Waals surface area (Å²) in [6.45, 7) is 3.60. The van der Waals surface area contributed by atoms with E-state index in [1.54, 1.807) is 6.92 Å². The zero-order chi connectivity index (χ0) is 12.4. The van der Waals surface area contributed by atoms with E-state index >= 15 is 0 Å². The molecular weight excluding hydrogens is 210 g/mol. The van der Waals surface area contributed by atoms with E-state index in [0.29, 0.717) is 0 Å². The maximum Gasteiger partial charge on any atom is 0.189 e. The second kappa shape index (κ2) is 4.50. The van der Waals surface area contributed by atoms with Gasteiger partial charge < -0.3 is 0 Å². The molecule has 0 atom stereocenters. The SMILES string of the molecule is CC(=O)c1c(-c2ccccc2)cc[n+](C)c1C. The van der Waals surface area contributed by atoms with Gasteiger partial charge in [0.1, 0.15) is 7.05 Å². The van der Waals surface area contributed by atoms with Gasteiger partial charge in [0.2, 0.25) is 0 Å². The van der Waals surface area contributed by atoms with Crippen LogP contribution in [-0.2, 0) is 7.05 Å². The van der Waals surface area contributed by atoms with Crippen LogP contribution >= 0.6 is 0 Å². The van der Waals surface area contributed by atoms with Gasteiger partial charge in [0.25, 0.3) is 0 Å². The Morgan fingerprint density at radius 2 is 1.76 bits per heavy atom. The molecule has 0 unspecified atom stereocenters. The number of hydrogen-bond donors (Lipinski definition) is 0. The van der Waals surface area contributed by atoms with Crippen molar-refractivity contribution in [3.63, 3.8) is 0 Å². The van der Waals surface area contributed by atoms with E-state index in [0.717, 1.165) is 22.4 Å². The summed E-state index contributed by atoms with van der Waals surface area (Å²) in [6, 6.07) is 12.0. The largest absolute Gasteiger partial charge is 0.294 e. The van der Waals surface area contributed by atoms with E-state index in [4.69, 9.17) is 0 Å². The Kier molecular flexibility index (Phi) is 3.05. The predicted molar refractivity (Wildman–Crippen MR) is 67.8 cm³/mol. The summed E-state index contributed by atoms with van der Waals surface area (Å²) in [4.78, 5) is 11.8. The fourth-order valence-corrected chi connectivity index (χ4v) is 2.06. The van der Waals surface area contributed by atoms with Crippen LogP contribution in [0.1, 0.15) is 23.0 Å². The van der Waals surface area contributed by atoms with E-state index in [2.05, 4.69) is 0 Å². The summed E-state index contributed by atoms with van der Waals surface area (Å²) in [5, 5.41) is 0. The summed E-state index contributed by atoms with van der Waals surface area (Å²) in [5.41, 5.74) is 3.90. The summed E-state index contributed by atoms with van der Waals surface area (Å²) in [5.74, 6) is 0.109. The second-order valence-electron chi connectivity index (χ2n) is 4.22. The van der Waals surface area contributed by atoms with Crippen molar-refractivity contribution in [3.05, 3.63) is 53.9 Å². The molecule has 1 aromatic heterocycles. The van der Waals surface area contributed by atoms with Crippen molar-refractivity contribution in [2.75, 3.05) is 0 Å². The van der Waals surface area contributed by atoms with Gasteiger partial charge >= 0.3 is 0 Å². The molecule has 0 radical (unpaired) electrons. The number of nitrogens with zero attached hydrogens (tertiary/aromatic N) is 1. The third kappa shape index (κ3) is 2.11. The molecule has 2 rings (SSSR count). The first-order chi connectivity index (χ1) is 8.11. The number of hydrogen-bond acceptors (Lipinski definition) is 1. The molecule has 0 N–H and O–H groups in total. The summed E-state index contributed by atoms with van der Waals surface area (Å²) in [6.07, 6.45) is 1.99. The maximum atomic E-state index is 11.8. The van der Waals surface area contributed by atoms with Crippen molar-refractivity contribution in [2.24, 2.45) is 7.05 Å². The average molecular weight is 226 g/mol. The Balaban J connectivity index is 2.71. The number of pyridine rings is 1. The van der Waals surface area contributed by atoms with E-state index in [9.17, 15) is 4.79 Å². The van der Waals surface area contributed by atoms with Crippen molar-refractivity contribution in [2.45, 2.75) is 13.8 Å². The zero-order valence-electron chi connectivity index (χ0n) is 10.4. The molecule has 0 spiro atoms. The number of carbonyl (C=O) groups is 1. The van der Waals surface area contributed by atoms with Crippen LogP contribution in [0.25, 0.3) is 11.1 Å². The van der Waals surface area contributed by atoms with Crippen LogP contribution in [0.5, 0.6) is 0 Å². The Bertz CT molecular complexity index is 559. The average Bonchev–Trinajstić information content (AvgIpc) is 2.33. The zero-order valence-corrected chi connectivity index (χ0v) is 10.4. The molecule has 86 valence electrons. The molecule has 0 saturated carbocycles. The van der Waals surface area contributed by atoms with Gasteiger partial charge in [-0.25, -0.2) is 4.57 Å². The van der Waals surface area contributed by atoms with Gasteiger partial charge in [0.05, 0.1) is 5.56 Å². The Morgan fingerprint density at radius 3 is 2.35 bits per heavy atom. The van der Waals surface area contributed by atoms with E-state index in [-0.39, 0.29) is 5.78 Å². The predicted octanol–water partition coefficient (Wildman–Crippen LogP) is 2.69. The molecule has 0 bridgehead atoms. The number of rotatable bonds is 2. The molecule has 1 heterocycles. The van der Waals surface area contributed by atoms with Gasteiger partial charge in [0, 0.05) is 18.6 Å². The summed E-state index contributed by atoms with van der Waals surface area (Å²) >= 11 is 0. The molecule has 0 fully saturated rings. The number of Topliss-reactive ketones (excluding diaryl/α,β-unsaturated/α-hetero) is 1. The first-order valence-electron chi connectivity index (χ1n) is 5.67. The lowest BCUT2D eigenvalue weighted by Gasteiger charge is -2.08. The summed E-state index contributed by atoms with van der Waals surface area (Å²) in [7, 11) is 1.95. The van der Waals surface area contributed by atoms with Crippen LogP contribution in [0.4, 0.5) is 0 Å². The van der Waals surface area contributed by atoms with Crippen molar-refractivity contribution in [1.82, 2.24) is 0 Å². The number of aryl methyl sites for hydroxylation is 1. The number of ketones is 1. The van der Waals surface area contributed by atoms with Gasteiger partial charge in [-0.2, -0.15) is 0 Å². The maximum absolute atomic E-state index is 11.8. The van der Waals surface area contributed by atoms with Crippen LogP contribution in [0, 0.1) is 6.92 Å². The van der Waals surface area contributed by atoms with Crippen molar-refractivity contribution < 1.29 is 9.36 Å². The smallest absolute Gasteiger partial charge is 0.189 e. The quantitative estimate of drug-likeness (QED) is 0.569. The van der Waals surface area contributed by atoms with Crippen molar-refractivity contribution in [3.8, 4) is 11.1 Å². The molecule has 2 heteroatoms. The highest BCUT2D eigenvalue weighted by molar-refractivity contribution is 6.01. The number of carbonyl (C=O) groups excluding carboxylic acids is 1. The molecule has 0 aliphatic heterocycles. The first-order valence-corrected chi connectivity index (χ1v) is 5.67. The van der Waals surface area contributed by atoms with Gasteiger partial charge in [-0.1, -0.05) is 30.3 Å². The Morgan fingerprint density at radius 1 is 1.12 bits per heavy atom. The highest BCUT2D eigenvalue weighted by atomic mass is 16.1. The lowest BCUT2D eigenvalue weighted by Crippen LogP contribution is -2.33. The lowest BCUT2D eigenvalue weighted by molar-refractivity contribution is -0.677. The third-order valence-electron chi connectivity index (χ3n) is 3.06. The molecule has 0 aliphatic carbocycles. The lowest BCUT2D eigenvalue weighted by atomic mass is 9.97. The van der Waals surface area contributed by atoms with E-state index in [1.165, 1.54) is 0 Å². The van der Waals surface area contributed by atoms with Crippen LogP contribution in [0.15, 0.2) is 42.6 Å². The monoisotopic (exact) mass is 226 g/mol. The second-order valence-corrected chi connectivity index (χ2v) is 4.22. The summed E-state index contributed by atoms with van der Waals surface area (Å²) < 4.78 is 1.98. The van der Waals surface area contributed by atoms with E-state index < -0.39 is 0 Å². The fourth-order valence-electron chi connectivity index (χ4n) is 2.06. The molecular formula is C15H16NO+. The van der Waals surface area contributed by atoms with Gasteiger partial charge in [-0.15, -0.1) is 0 Å². The molecule has 0 aliphatic rings. The molecule has 1 aromatic carbocycles. The minimum absolute atomic E-state index is 0.109. The van der Waals surface area contributed by atoms with Crippen molar-refractivity contribution in [1.29, 1.82) is 0 Å². The normalized spacial score (nSPS) is 10.3. The minimum Gasteiger partial charge on any atom is -0.294 e. The van der Waals surface area contributed by atoms with Gasteiger partial charge in [-0.3, -0.25) is 4.79 Å². The topological polar surface area (TPSA) is 20.9 Å². The fraction of sp³-hybridized carbons (Fsp3) is 0.200. The van der Waals surface area contributed by atoms with Crippen LogP contribution in [0.2, 0.25) is 0 Å². The van der Waals surface area contributed by atoms with E-state index in [1.807, 2.05) is 61.1 Å². The van der Waals surface area contributed by atoms with Crippen LogP contribution in [0.3, 0.4) is 0 Å². The van der Waals surface area contributed by atoms with Gasteiger partial charge in [0.15, 0.2) is 17.7 Å². The highest BCUT2D eigenvalue weighted by Crippen LogP contribution is 2.24. The van der Waals surface area contributed by atoms with Crippen LogP contribution < -0.4 is 4.57 Å². The Labute approximate surface area is 102 Å². The molecule has 2 nitrogen and oxygen atoms in total. The molecule has 17 heavy (non-hydrogen) atoms. The standard InChI is InChI=1S/C15H16NO/c1-11-15(12(2)17)14(9-10-16(11)3)13-7-5-4-6-8-13/h4-10H,1-3H3/q+1. The molecule has 0 saturated heterocycles. The van der Waals surface area contributed by atoms with Crippen LogP contribution in [-0.4, -0.2) is 5.78 Å². The molecule has 2 aromatic rings. The number of aromatic nitrogens is 1. The van der Waals surface area contributed by atoms with Gasteiger partial charge in [-0.05, 0) is 12.5 Å². The Hall–Kier alpha value is -1.96. The number of benzene rings is 1. The minimum atomic E-state index is 0.109.